The molecule has 1 aromatic heterocycles. The second-order valence-electron chi connectivity index (χ2n) is 7.33. The number of anilines is 1. The lowest BCUT2D eigenvalue weighted by atomic mass is 10.0. The van der Waals surface area contributed by atoms with Crippen LogP contribution in [0, 0.1) is 11.6 Å². The molecule has 4 rings (SSSR count). The van der Waals surface area contributed by atoms with Crippen molar-refractivity contribution in [3.63, 3.8) is 0 Å². The summed E-state index contributed by atoms with van der Waals surface area (Å²) in [4.78, 5) is 8.31. The third-order valence-corrected chi connectivity index (χ3v) is 5.46. The van der Waals surface area contributed by atoms with Crippen LogP contribution in [0.25, 0.3) is 0 Å². The van der Waals surface area contributed by atoms with Gasteiger partial charge in [0.15, 0.2) is 0 Å². The molecule has 152 valence electrons. The zero-order valence-electron chi connectivity index (χ0n) is 16.3. The topological polar surface area (TPSA) is 44.5 Å². The molecule has 1 atom stereocenters. The molecule has 1 fully saturated rings. The zero-order chi connectivity index (χ0) is 20.4. The van der Waals surface area contributed by atoms with Crippen molar-refractivity contribution in [2.75, 3.05) is 31.1 Å². The van der Waals surface area contributed by atoms with Crippen LogP contribution in [0.5, 0.6) is 0 Å². The van der Waals surface area contributed by atoms with Crippen molar-refractivity contribution in [3.8, 4) is 0 Å². The average Bonchev–Trinajstić information content (AvgIpc) is 3.16. The quantitative estimate of drug-likeness (QED) is 0.717. The molecule has 0 radical (unpaired) electrons. The molecule has 0 amide bonds. The number of aliphatic hydroxyl groups excluding tert-OH is 1. The fourth-order valence-corrected chi connectivity index (χ4v) is 3.86. The van der Waals surface area contributed by atoms with Gasteiger partial charge in [0.1, 0.15) is 23.6 Å². The molecule has 1 N–H and O–H groups in total. The van der Waals surface area contributed by atoms with Gasteiger partial charge in [-0.2, -0.15) is 0 Å². The lowest BCUT2D eigenvalue weighted by Crippen LogP contribution is -2.46. The van der Waals surface area contributed by atoms with Crippen molar-refractivity contribution in [3.05, 3.63) is 83.4 Å². The van der Waals surface area contributed by atoms with E-state index in [0.717, 1.165) is 0 Å². The summed E-state index contributed by atoms with van der Waals surface area (Å²) in [5.74, 6) is -0.0992. The number of halogens is 2. The summed E-state index contributed by atoms with van der Waals surface area (Å²) in [5.41, 5.74) is 1.58. The second kappa shape index (κ2) is 8.31. The summed E-state index contributed by atoms with van der Waals surface area (Å²) < 4.78 is 30.4. The van der Waals surface area contributed by atoms with Gasteiger partial charge in [0.05, 0.1) is 5.69 Å². The Labute approximate surface area is 168 Å². The second-order valence-corrected chi connectivity index (χ2v) is 7.33. The van der Waals surface area contributed by atoms with Crippen LogP contribution < -0.4 is 4.90 Å². The summed E-state index contributed by atoms with van der Waals surface area (Å²) in [6.45, 7) is 3.08. The first kappa shape index (κ1) is 19.5. The van der Waals surface area contributed by atoms with E-state index in [4.69, 9.17) is 0 Å². The Kier molecular flexibility index (Phi) is 5.60. The van der Waals surface area contributed by atoms with E-state index in [2.05, 4.69) is 9.88 Å². The lowest BCUT2D eigenvalue weighted by molar-refractivity contribution is 0.205. The van der Waals surface area contributed by atoms with Crippen molar-refractivity contribution in [2.45, 2.75) is 12.6 Å². The Morgan fingerprint density at radius 1 is 1.00 bits per heavy atom. The molecular formula is C22H24F2N4O. The minimum Gasteiger partial charge on any atom is -0.380 e. The van der Waals surface area contributed by atoms with Gasteiger partial charge in [-0.25, -0.2) is 13.8 Å². The number of para-hydroxylation sites is 1. The number of nitrogens with zero attached hydrogens (tertiary/aromatic N) is 4. The third kappa shape index (κ3) is 4.02. The fraction of sp³-hybridized carbons (Fsp3) is 0.318. The highest BCUT2D eigenvalue weighted by Gasteiger charge is 2.26. The van der Waals surface area contributed by atoms with Gasteiger partial charge in [0.25, 0.3) is 0 Å². The van der Waals surface area contributed by atoms with Gasteiger partial charge in [-0.1, -0.05) is 30.3 Å². The predicted octanol–water partition coefficient (Wildman–Crippen LogP) is 3.10. The average molecular weight is 398 g/mol. The van der Waals surface area contributed by atoms with Crippen molar-refractivity contribution >= 4 is 5.69 Å². The molecule has 3 aromatic rings. The normalized spacial score (nSPS) is 16.2. The number of hydrogen-bond donors (Lipinski definition) is 1. The predicted molar refractivity (Wildman–Crippen MR) is 108 cm³/mol. The van der Waals surface area contributed by atoms with Gasteiger partial charge >= 0.3 is 0 Å². The SMILES string of the molecule is Cn1ccnc1[C@@H](O)c1cccc(F)c1N1CCN(Cc2ccccc2F)CC1. The van der Waals surface area contributed by atoms with E-state index in [9.17, 15) is 13.9 Å². The number of imidazole rings is 1. The number of rotatable bonds is 5. The van der Waals surface area contributed by atoms with E-state index in [0.29, 0.717) is 55.4 Å². The van der Waals surface area contributed by atoms with Crippen molar-refractivity contribution in [2.24, 2.45) is 7.05 Å². The molecule has 0 bridgehead atoms. The summed E-state index contributed by atoms with van der Waals surface area (Å²) in [6, 6.07) is 11.5. The number of piperazine rings is 1. The summed E-state index contributed by atoms with van der Waals surface area (Å²) in [7, 11) is 1.80. The van der Waals surface area contributed by atoms with Crippen LogP contribution in [0.15, 0.2) is 54.9 Å². The van der Waals surface area contributed by atoms with Gasteiger partial charge in [0.2, 0.25) is 0 Å². The van der Waals surface area contributed by atoms with Crippen molar-refractivity contribution in [1.82, 2.24) is 14.5 Å². The first-order valence-corrected chi connectivity index (χ1v) is 9.69. The molecule has 0 unspecified atom stereocenters. The highest BCUT2D eigenvalue weighted by molar-refractivity contribution is 5.57. The Balaban J connectivity index is 1.51. The summed E-state index contributed by atoms with van der Waals surface area (Å²) in [6.07, 6.45) is 2.34. The lowest BCUT2D eigenvalue weighted by Gasteiger charge is -2.37. The molecule has 0 saturated carbocycles. The highest BCUT2D eigenvalue weighted by Crippen LogP contribution is 2.33. The number of aryl methyl sites for hydroxylation is 1. The van der Waals surface area contributed by atoms with Gasteiger partial charge in [-0.15, -0.1) is 0 Å². The minimum atomic E-state index is -1.02. The molecule has 0 aliphatic carbocycles. The molecule has 2 heterocycles. The zero-order valence-corrected chi connectivity index (χ0v) is 16.3. The smallest absolute Gasteiger partial charge is 0.146 e. The molecule has 1 aliphatic rings. The fourth-order valence-electron chi connectivity index (χ4n) is 3.86. The number of benzene rings is 2. The largest absolute Gasteiger partial charge is 0.380 e. The van der Waals surface area contributed by atoms with Crippen LogP contribution in [-0.2, 0) is 13.6 Å². The standard InChI is InChI=1S/C22H24F2N4O/c1-26-10-9-25-22(26)21(29)17-6-4-8-19(24)20(17)28-13-11-27(12-14-28)15-16-5-2-3-7-18(16)23/h2-10,21,29H,11-15H2,1H3/t21-/m0/s1. The van der Waals surface area contributed by atoms with Crippen LogP contribution in [0.3, 0.4) is 0 Å². The van der Waals surface area contributed by atoms with Gasteiger partial charge in [0, 0.05) is 63.3 Å². The van der Waals surface area contributed by atoms with Gasteiger partial charge in [-0.3, -0.25) is 4.90 Å². The highest BCUT2D eigenvalue weighted by atomic mass is 19.1. The van der Waals surface area contributed by atoms with Crippen LogP contribution in [0.1, 0.15) is 23.1 Å². The maximum Gasteiger partial charge on any atom is 0.146 e. The van der Waals surface area contributed by atoms with Crippen molar-refractivity contribution in [1.29, 1.82) is 0 Å². The van der Waals surface area contributed by atoms with Crippen LogP contribution in [0.2, 0.25) is 0 Å². The molecule has 1 aliphatic heterocycles. The third-order valence-electron chi connectivity index (χ3n) is 5.46. The van der Waals surface area contributed by atoms with Crippen LogP contribution >= 0.6 is 0 Å². The molecule has 0 spiro atoms. The summed E-state index contributed by atoms with van der Waals surface area (Å²) >= 11 is 0. The maximum atomic E-state index is 14.8. The van der Waals surface area contributed by atoms with E-state index < -0.39 is 6.10 Å². The number of hydrogen-bond acceptors (Lipinski definition) is 4. The van der Waals surface area contributed by atoms with E-state index in [1.807, 2.05) is 11.0 Å². The Morgan fingerprint density at radius 3 is 2.41 bits per heavy atom. The Morgan fingerprint density at radius 2 is 1.72 bits per heavy atom. The Bertz CT molecular complexity index is 982. The molecule has 5 nitrogen and oxygen atoms in total. The van der Waals surface area contributed by atoms with E-state index in [1.54, 1.807) is 48.3 Å². The summed E-state index contributed by atoms with van der Waals surface area (Å²) in [5, 5.41) is 10.8. The first-order valence-electron chi connectivity index (χ1n) is 9.69. The first-order chi connectivity index (χ1) is 14.0. The number of aromatic nitrogens is 2. The van der Waals surface area contributed by atoms with Crippen LogP contribution in [0.4, 0.5) is 14.5 Å². The molecule has 1 saturated heterocycles. The molecule has 2 aromatic carbocycles. The molecule has 7 heteroatoms. The monoisotopic (exact) mass is 398 g/mol. The van der Waals surface area contributed by atoms with E-state index in [-0.39, 0.29) is 11.6 Å². The minimum absolute atomic E-state index is 0.204. The van der Waals surface area contributed by atoms with E-state index in [1.165, 1.54) is 12.1 Å². The van der Waals surface area contributed by atoms with Crippen LogP contribution in [-0.4, -0.2) is 45.7 Å². The Hall–Kier alpha value is -2.77. The van der Waals surface area contributed by atoms with Gasteiger partial charge < -0.3 is 14.6 Å². The molecule has 29 heavy (non-hydrogen) atoms. The maximum absolute atomic E-state index is 14.8. The molecular weight excluding hydrogens is 374 g/mol. The van der Waals surface area contributed by atoms with Gasteiger partial charge in [-0.05, 0) is 12.1 Å². The van der Waals surface area contributed by atoms with E-state index >= 15 is 0 Å². The van der Waals surface area contributed by atoms with Crippen molar-refractivity contribution < 1.29 is 13.9 Å². The number of aliphatic hydroxyl groups is 1.